The van der Waals surface area contributed by atoms with Gasteiger partial charge in [-0.3, -0.25) is 0 Å². The van der Waals surface area contributed by atoms with Crippen LogP contribution in [0.2, 0.25) is 10.0 Å². The first-order valence-electron chi connectivity index (χ1n) is 3.37. The molecular formula is C8H6Cl2O3. The van der Waals surface area contributed by atoms with E-state index in [4.69, 9.17) is 33.4 Å². The molecule has 0 aromatic heterocycles. The number of rotatable bonds is 2. The van der Waals surface area contributed by atoms with Crippen molar-refractivity contribution in [2.24, 2.45) is 0 Å². The Hall–Kier alpha value is -0.770. The lowest BCUT2D eigenvalue weighted by Gasteiger charge is -2.06. The molecule has 1 unspecified atom stereocenters. The summed E-state index contributed by atoms with van der Waals surface area (Å²) in [6.45, 7) is 0. The topological polar surface area (TPSA) is 57.5 Å². The molecule has 0 bridgehead atoms. The van der Waals surface area contributed by atoms with Crippen LogP contribution >= 0.6 is 23.2 Å². The molecule has 1 aromatic carbocycles. The maximum atomic E-state index is 10.2. The zero-order valence-corrected chi connectivity index (χ0v) is 7.88. The summed E-state index contributed by atoms with van der Waals surface area (Å²) in [5.41, 5.74) is 0.253. The molecule has 0 saturated carbocycles. The average Bonchev–Trinajstić information content (AvgIpc) is 2.12. The minimum atomic E-state index is -1.27. The molecule has 1 rings (SSSR count). The summed E-state index contributed by atoms with van der Waals surface area (Å²) in [7, 11) is 0. The highest BCUT2D eigenvalue weighted by atomic mass is 35.5. The molecule has 13 heavy (non-hydrogen) atoms. The molecule has 0 spiro atoms. The van der Waals surface area contributed by atoms with Crippen LogP contribution in [-0.4, -0.2) is 16.5 Å². The van der Waals surface area contributed by atoms with E-state index in [1.54, 1.807) is 0 Å². The third-order valence-electron chi connectivity index (χ3n) is 1.51. The van der Waals surface area contributed by atoms with Gasteiger partial charge in [0.15, 0.2) is 12.0 Å². The number of carbonyl (C=O) groups is 1. The fraction of sp³-hybridized carbons (Fsp3) is 0.125. The monoisotopic (exact) mass is 220 g/mol. The highest BCUT2D eigenvalue weighted by Gasteiger charge is 2.11. The largest absolute Gasteiger partial charge is 0.505 e. The molecule has 1 atom stereocenters. The number of aliphatic hydroxyl groups excluding tert-OH is 1. The highest BCUT2D eigenvalue weighted by molar-refractivity contribution is 6.37. The lowest BCUT2D eigenvalue weighted by atomic mass is 10.1. The number of carbonyl (C=O) groups excluding carboxylic acids is 1. The van der Waals surface area contributed by atoms with Crippen LogP contribution in [0.15, 0.2) is 12.1 Å². The van der Waals surface area contributed by atoms with E-state index in [2.05, 4.69) is 0 Å². The first-order valence-corrected chi connectivity index (χ1v) is 4.13. The molecule has 70 valence electrons. The quantitative estimate of drug-likeness (QED) is 0.750. The fourth-order valence-electron chi connectivity index (χ4n) is 0.834. The van der Waals surface area contributed by atoms with Gasteiger partial charge in [-0.05, 0) is 17.7 Å². The first-order chi connectivity index (χ1) is 6.06. The van der Waals surface area contributed by atoms with Gasteiger partial charge in [-0.1, -0.05) is 23.2 Å². The van der Waals surface area contributed by atoms with Crippen LogP contribution in [0.25, 0.3) is 0 Å². The summed E-state index contributed by atoms with van der Waals surface area (Å²) in [5.74, 6) is -0.259. The summed E-state index contributed by atoms with van der Waals surface area (Å²) in [5, 5.41) is 18.3. The number of aldehydes is 1. The predicted molar refractivity (Wildman–Crippen MR) is 49.2 cm³/mol. The van der Waals surface area contributed by atoms with Gasteiger partial charge in [0.25, 0.3) is 0 Å². The maximum absolute atomic E-state index is 10.2. The van der Waals surface area contributed by atoms with Crippen molar-refractivity contribution in [1.82, 2.24) is 0 Å². The zero-order valence-electron chi connectivity index (χ0n) is 6.37. The van der Waals surface area contributed by atoms with Crippen molar-refractivity contribution in [3.8, 4) is 5.75 Å². The number of phenolic OH excluding ortho intramolecular Hbond substituents is 1. The minimum Gasteiger partial charge on any atom is -0.505 e. The smallest absolute Gasteiger partial charge is 0.153 e. The van der Waals surface area contributed by atoms with Gasteiger partial charge >= 0.3 is 0 Å². The van der Waals surface area contributed by atoms with Gasteiger partial charge < -0.3 is 15.0 Å². The van der Waals surface area contributed by atoms with E-state index in [0.717, 1.165) is 0 Å². The molecule has 0 aliphatic rings. The number of aromatic hydroxyl groups is 1. The molecular weight excluding hydrogens is 215 g/mol. The molecule has 0 radical (unpaired) electrons. The Morgan fingerprint density at radius 1 is 1.31 bits per heavy atom. The highest BCUT2D eigenvalue weighted by Crippen LogP contribution is 2.34. The van der Waals surface area contributed by atoms with Gasteiger partial charge in [-0.2, -0.15) is 0 Å². The van der Waals surface area contributed by atoms with Crippen LogP contribution in [0.1, 0.15) is 11.7 Å². The standard InChI is InChI=1S/C8H6Cl2O3/c9-5-1-4(7(12)3-11)2-6(10)8(5)13/h1-3,7,12-13H. The second kappa shape index (κ2) is 3.96. The van der Waals surface area contributed by atoms with Crippen LogP contribution in [-0.2, 0) is 4.79 Å². The van der Waals surface area contributed by atoms with Crippen molar-refractivity contribution in [3.63, 3.8) is 0 Å². The third-order valence-corrected chi connectivity index (χ3v) is 2.09. The van der Waals surface area contributed by atoms with E-state index in [-0.39, 0.29) is 21.4 Å². The number of benzene rings is 1. The van der Waals surface area contributed by atoms with Gasteiger partial charge in [0.1, 0.15) is 6.10 Å². The van der Waals surface area contributed by atoms with Gasteiger partial charge in [0.05, 0.1) is 10.0 Å². The third kappa shape index (κ3) is 2.12. The molecule has 3 nitrogen and oxygen atoms in total. The van der Waals surface area contributed by atoms with Gasteiger partial charge in [0.2, 0.25) is 0 Å². The van der Waals surface area contributed by atoms with E-state index in [1.165, 1.54) is 12.1 Å². The molecule has 1 aromatic rings. The SMILES string of the molecule is O=CC(O)c1cc(Cl)c(O)c(Cl)c1. The predicted octanol–water partition coefficient (Wildman–Crippen LogP) is 1.93. The van der Waals surface area contributed by atoms with Crippen LogP contribution in [0.3, 0.4) is 0 Å². The molecule has 0 aliphatic carbocycles. The van der Waals surface area contributed by atoms with E-state index in [0.29, 0.717) is 6.29 Å². The van der Waals surface area contributed by atoms with E-state index in [9.17, 15) is 4.79 Å². The Labute approximate surface area is 84.5 Å². The van der Waals surface area contributed by atoms with E-state index in [1.807, 2.05) is 0 Å². The summed E-state index contributed by atoms with van der Waals surface area (Å²) in [6, 6.07) is 2.56. The minimum absolute atomic E-state index is 0.00315. The average molecular weight is 221 g/mol. The van der Waals surface area contributed by atoms with Gasteiger partial charge in [-0.25, -0.2) is 0 Å². The normalized spacial score (nSPS) is 12.5. The van der Waals surface area contributed by atoms with Crippen LogP contribution in [0.4, 0.5) is 0 Å². The van der Waals surface area contributed by atoms with Crippen molar-refractivity contribution in [3.05, 3.63) is 27.7 Å². The van der Waals surface area contributed by atoms with E-state index >= 15 is 0 Å². The number of aliphatic hydroxyl groups is 1. The molecule has 0 saturated heterocycles. The van der Waals surface area contributed by atoms with Crippen LogP contribution in [0, 0.1) is 0 Å². The molecule has 0 aliphatic heterocycles. The van der Waals surface area contributed by atoms with Crippen molar-refractivity contribution in [2.75, 3.05) is 0 Å². The lowest BCUT2D eigenvalue weighted by molar-refractivity contribution is -0.115. The first kappa shape index (κ1) is 10.3. The molecule has 0 heterocycles. The zero-order chi connectivity index (χ0) is 10.0. The second-order valence-electron chi connectivity index (χ2n) is 2.41. The van der Waals surface area contributed by atoms with Crippen LogP contribution < -0.4 is 0 Å². The summed E-state index contributed by atoms with van der Waals surface area (Å²) in [6.07, 6.45) is -0.922. The van der Waals surface area contributed by atoms with Crippen molar-refractivity contribution in [2.45, 2.75) is 6.10 Å². The number of phenols is 1. The summed E-state index contributed by atoms with van der Waals surface area (Å²) in [4.78, 5) is 10.2. The Balaban J connectivity index is 3.20. The Bertz CT molecular complexity index is 315. The molecule has 2 N–H and O–H groups in total. The van der Waals surface area contributed by atoms with Crippen molar-refractivity contribution < 1.29 is 15.0 Å². The number of halogens is 2. The van der Waals surface area contributed by atoms with Crippen molar-refractivity contribution >= 4 is 29.5 Å². The Kier molecular flexibility index (Phi) is 3.14. The Morgan fingerprint density at radius 3 is 2.15 bits per heavy atom. The van der Waals surface area contributed by atoms with Gasteiger partial charge in [-0.15, -0.1) is 0 Å². The fourth-order valence-corrected chi connectivity index (χ4v) is 1.34. The van der Waals surface area contributed by atoms with Gasteiger partial charge in [0, 0.05) is 0 Å². The van der Waals surface area contributed by atoms with Crippen molar-refractivity contribution in [1.29, 1.82) is 0 Å². The maximum Gasteiger partial charge on any atom is 0.153 e. The van der Waals surface area contributed by atoms with Crippen LogP contribution in [0.5, 0.6) is 5.75 Å². The summed E-state index contributed by atoms with van der Waals surface area (Å²) >= 11 is 11.1. The molecule has 5 heteroatoms. The summed E-state index contributed by atoms with van der Waals surface area (Å²) < 4.78 is 0. The Morgan fingerprint density at radius 2 is 1.77 bits per heavy atom. The van der Waals surface area contributed by atoms with E-state index < -0.39 is 6.10 Å². The number of hydrogen-bond acceptors (Lipinski definition) is 3. The lowest BCUT2D eigenvalue weighted by Crippen LogP contribution is -1.97. The number of hydrogen-bond donors (Lipinski definition) is 2. The molecule has 0 fully saturated rings. The second-order valence-corrected chi connectivity index (χ2v) is 3.23. The molecule has 0 amide bonds.